The van der Waals surface area contributed by atoms with Gasteiger partial charge in [0, 0.05) is 13.5 Å². The molecular formula is C11H19NO3. The van der Waals surface area contributed by atoms with Crippen LogP contribution in [-0.4, -0.2) is 36.3 Å². The van der Waals surface area contributed by atoms with Gasteiger partial charge in [-0.15, -0.1) is 6.58 Å². The standard InChI is InChI=1S/C11H19NO3/c1-5-6-9(2)7-8-10(13)11(14)12(3)15-4/h5,7,10,13H,1,6,8H2,2-4H3/t10-/m0/s1. The summed E-state index contributed by atoms with van der Waals surface area (Å²) in [5.41, 5.74) is 1.08. The van der Waals surface area contributed by atoms with Crippen molar-refractivity contribution >= 4 is 5.91 Å². The predicted octanol–water partition coefficient (Wildman–Crippen LogP) is 1.28. The molecule has 0 rings (SSSR count). The molecule has 1 N–H and O–H groups in total. The summed E-state index contributed by atoms with van der Waals surface area (Å²) in [6, 6.07) is 0. The first-order valence-electron chi connectivity index (χ1n) is 4.79. The van der Waals surface area contributed by atoms with E-state index >= 15 is 0 Å². The number of likely N-dealkylation sites (N-methyl/N-ethyl adjacent to an activating group) is 1. The summed E-state index contributed by atoms with van der Waals surface area (Å²) in [4.78, 5) is 16.0. The third-order valence-corrected chi connectivity index (χ3v) is 2.03. The SMILES string of the molecule is C=CCC(C)=CC[C@H](O)C(=O)N(C)OC. The number of nitrogens with zero attached hydrogens (tertiary/aromatic N) is 1. The summed E-state index contributed by atoms with van der Waals surface area (Å²) in [6.07, 6.45) is 3.62. The number of carbonyl (C=O) groups excluding carboxylic acids is 1. The zero-order valence-electron chi connectivity index (χ0n) is 9.56. The van der Waals surface area contributed by atoms with E-state index < -0.39 is 12.0 Å². The molecule has 0 aliphatic rings. The molecule has 0 aromatic heterocycles. The van der Waals surface area contributed by atoms with Gasteiger partial charge < -0.3 is 5.11 Å². The van der Waals surface area contributed by atoms with Gasteiger partial charge in [0.25, 0.3) is 5.91 Å². The number of hydrogen-bond donors (Lipinski definition) is 1. The van der Waals surface area contributed by atoms with Gasteiger partial charge in [-0.3, -0.25) is 9.63 Å². The predicted molar refractivity (Wildman–Crippen MR) is 59.0 cm³/mol. The Hall–Kier alpha value is -1.13. The monoisotopic (exact) mass is 213 g/mol. The maximum Gasteiger partial charge on any atom is 0.274 e. The highest BCUT2D eigenvalue weighted by Gasteiger charge is 2.17. The van der Waals surface area contributed by atoms with E-state index in [0.717, 1.165) is 17.1 Å². The van der Waals surface area contributed by atoms with Crippen molar-refractivity contribution in [2.75, 3.05) is 14.2 Å². The van der Waals surface area contributed by atoms with E-state index in [4.69, 9.17) is 0 Å². The molecule has 0 aliphatic heterocycles. The number of aliphatic hydroxyl groups is 1. The van der Waals surface area contributed by atoms with Gasteiger partial charge in [0.2, 0.25) is 0 Å². The number of hydroxylamine groups is 2. The summed E-state index contributed by atoms with van der Waals surface area (Å²) < 4.78 is 0. The molecule has 0 unspecified atom stereocenters. The summed E-state index contributed by atoms with van der Waals surface area (Å²) in [5, 5.41) is 10.5. The number of rotatable bonds is 6. The van der Waals surface area contributed by atoms with Crippen LogP contribution in [0, 0.1) is 0 Å². The van der Waals surface area contributed by atoms with E-state index in [1.54, 1.807) is 6.08 Å². The van der Waals surface area contributed by atoms with Gasteiger partial charge in [-0.1, -0.05) is 17.7 Å². The summed E-state index contributed by atoms with van der Waals surface area (Å²) in [5.74, 6) is -0.444. The second kappa shape index (κ2) is 7.20. The van der Waals surface area contributed by atoms with Gasteiger partial charge in [-0.25, -0.2) is 5.06 Å². The average Bonchev–Trinajstić information content (AvgIpc) is 2.24. The van der Waals surface area contributed by atoms with Crippen LogP contribution in [-0.2, 0) is 9.63 Å². The zero-order chi connectivity index (χ0) is 11.8. The Labute approximate surface area is 90.8 Å². The number of aliphatic hydroxyl groups excluding tert-OH is 1. The second-order valence-corrected chi connectivity index (χ2v) is 3.31. The van der Waals surface area contributed by atoms with Gasteiger partial charge in [-0.05, 0) is 13.3 Å². The average molecular weight is 213 g/mol. The van der Waals surface area contributed by atoms with Gasteiger partial charge in [-0.2, -0.15) is 0 Å². The minimum absolute atomic E-state index is 0.298. The lowest BCUT2D eigenvalue weighted by Gasteiger charge is -2.16. The Morgan fingerprint density at radius 3 is 2.73 bits per heavy atom. The minimum Gasteiger partial charge on any atom is -0.383 e. The number of carbonyl (C=O) groups is 1. The maximum atomic E-state index is 11.3. The zero-order valence-corrected chi connectivity index (χ0v) is 9.56. The van der Waals surface area contributed by atoms with Crippen LogP contribution in [0.5, 0.6) is 0 Å². The number of allylic oxidation sites excluding steroid dienone is 2. The van der Waals surface area contributed by atoms with Gasteiger partial charge in [0.1, 0.15) is 6.10 Å². The fourth-order valence-electron chi connectivity index (χ4n) is 1.02. The fourth-order valence-corrected chi connectivity index (χ4v) is 1.02. The van der Waals surface area contributed by atoms with Crippen LogP contribution in [0.3, 0.4) is 0 Å². The first kappa shape index (κ1) is 13.9. The van der Waals surface area contributed by atoms with Crippen LogP contribution >= 0.6 is 0 Å². The highest BCUT2D eigenvalue weighted by atomic mass is 16.7. The molecule has 4 heteroatoms. The van der Waals surface area contributed by atoms with Crippen molar-refractivity contribution in [3.63, 3.8) is 0 Å². The summed E-state index contributed by atoms with van der Waals surface area (Å²) in [7, 11) is 2.84. The number of hydrogen-bond acceptors (Lipinski definition) is 3. The van der Waals surface area contributed by atoms with Crippen molar-refractivity contribution in [2.45, 2.75) is 25.9 Å². The lowest BCUT2D eigenvalue weighted by Crippen LogP contribution is -2.35. The van der Waals surface area contributed by atoms with E-state index in [9.17, 15) is 9.90 Å². The molecular weight excluding hydrogens is 194 g/mol. The summed E-state index contributed by atoms with van der Waals surface area (Å²) >= 11 is 0. The Kier molecular flexibility index (Phi) is 6.66. The first-order valence-corrected chi connectivity index (χ1v) is 4.79. The van der Waals surface area contributed by atoms with E-state index in [1.165, 1.54) is 14.2 Å². The van der Waals surface area contributed by atoms with Gasteiger partial charge >= 0.3 is 0 Å². The molecule has 1 amide bonds. The van der Waals surface area contributed by atoms with Crippen LogP contribution in [0.2, 0.25) is 0 Å². The van der Waals surface area contributed by atoms with E-state index in [1.807, 2.05) is 13.0 Å². The van der Waals surface area contributed by atoms with E-state index in [0.29, 0.717) is 6.42 Å². The molecule has 86 valence electrons. The Morgan fingerprint density at radius 2 is 2.27 bits per heavy atom. The van der Waals surface area contributed by atoms with Gasteiger partial charge in [0.15, 0.2) is 0 Å². The van der Waals surface area contributed by atoms with Crippen molar-refractivity contribution in [3.05, 3.63) is 24.3 Å². The van der Waals surface area contributed by atoms with Crippen molar-refractivity contribution in [1.29, 1.82) is 0 Å². The molecule has 15 heavy (non-hydrogen) atoms. The molecule has 0 aromatic carbocycles. The quantitative estimate of drug-likeness (QED) is 0.534. The molecule has 0 saturated heterocycles. The molecule has 0 fully saturated rings. The third-order valence-electron chi connectivity index (χ3n) is 2.03. The smallest absolute Gasteiger partial charge is 0.274 e. The molecule has 0 spiro atoms. The first-order chi connectivity index (χ1) is 7.02. The van der Waals surface area contributed by atoms with E-state index in [2.05, 4.69) is 11.4 Å². The van der Waals surface area contributed by atoms with Crippen molar-refractivity contribution in [2.24, 2.45) is 0 Å². The Morgan fingerprint density at radius 1 is 1.67 bits per heavy atom. The molecule has 0 saturated carbocycles. The Balaban J connectivity index is 4.13. The minimum atomic E-state index is -1.05. The highest BCUT2D eigenvalue weighted by Crippen LogP contribution is 2.05. The van der Waals surface area contributed by atoms with Crippen molar-refractivity contribution in [1.82, 2.24) is 5.06 Å². The largest absolute Gasteiger partial charge is 0.383 e. The lowest BCUT2D eigenvalue weighted by atomic mass is 10.1. The Bertz CT molecular complexity index is 248. The van der Waals surface area contributed by atoms with Crippen LogP contribution in [0.4, 0.5) is 0 Å². The maximum absolute atomic E-state index is 11.3. The molecule has 0 radical (unpaired) electrons. The van der Waals surface area contributed by atoms with Crippen LogP contribution in [0.1, 0.15) is 19.8 Å². The van der Waals surface area contributed by atoms with Crippen LogP contribution in [0.25, 0.3) is 0 Å². The molecule has 4 nitrogen and oxygen atoms in total. The lowest BCUT2D eigenvalue weighted by molar-refractivity contribution is -0.177. The molecule has 0 heterocycles. The summed E-state index contributed by atoms with van der Waals surface area (Å²) in [6.45, 7) is 5.54. The number of amides is 1. The van der Waals surface area contributed by atoms with Crippen LogP contribution in [0.15, 0.2) is 24.3 Å². The normalized spacial score (nSPS) is 13.5. The van der Waals surface area contributed by atoms with E-state index in [-0.39, 0.29) is 0 Å². The molecule has 0 aliphatic carbocycles. The molecule has 0 aromatic rings. The molecule has 0 bridgehead atoms. The van der Waals surface area contributed by atoms with Crippen LogP contribution < -0.4 is 0 Å². The molecule has 1 atom stereocenters. The van der Waals surface area contributed by atoms with Gasteiger partial charge in [0.05, 0.1) is 7.11 Å². The topological polar surface area (TPSA) is 49.8 Å². The van der Waals surface area contributed by atoms with Crippen molar-refractivity contribution < 1.29 is 14.7 Å². The highest BCUT2D eigenvalue weighted by molar-refractivity contribution is 5.79. The fraction of sp³-hybridized carbons (Fsp3) is 0.545. The third kappa shape index (κ3) is 5.34. The second-order valence-electron chi connectivity index (χ2n) is 3.31. The van der Waals surface area contributed by atoms with Crippen molar-refractivity contribution in [3.8, 4) is 0 Å².